The van der Waals surface area contributed by atoms with E-state index in [4.69, 9.17) is 5.26 Å². The van der Waals surface area contributed by atoms with Crippen molar-refractivity contribution in [1.82, 2.24) is 9.97 Å². The highest BCUT2D eigenvalue weighted by Crippen LogP contribution is 2.35. The number of hydrogen-bond acceptors (Lipinski definition) is 6. The number of alkyl halides is 4. The molecule has 1 heterocycles. The second-order valence-corrected chi connectivity index (χ2v) is 5.12. The molecule has 0 atom stereocenters. The summed E-state index contributed by atoms with van der Waals surface area (Å²) in [5.74, 6) is -1.29. The number of ether oxygens (including phenoxy) is 2. The Kier molecular flexibility index (Phi) is 5.87. The van der Waals surface area contributed by atoms with E-state index in [1.165, 1.54) is 6.07 Å². The standard InChI is InChI=1S/C14H9F4N3O3S/c1-25-14-20-10(7(5-19)11(22)21-14)6-2-3-8(23-12(15)16)9(4-6)24-13(17)18/h2-4,12-13H,1H3,(H,20,21,22). The molecule has 2 aromatic rings. The molecule has 0 aliphatic rings. The van der Waals surface area contributed by atoms with Crippen molar-refractivity contribution >= 4 is 11.8 Å². The number of nitrogens with one attached hydrogen (secondary N) is 1. The average molecular weight is 375 g/mol. The fourth-order valence-corrected chi connectivity index (χ4v) is 2.28. The maximum absolute atomic E-state index is 12.5. The number of aromatic amines is 1. The summed E-state index contributed by atoms with van der Waals surface area (Å²) < 4.78 is 58.0. The van der Waals surface area contributed by atoms with Crippen LogP contribution in [0.25, 0.3) is 11.3 Å². The quantitative estimate of drug-likeness (QED) is 0.474. The van der Waals surface area contributed by atoms with E-state index >= 15 is 0 Å². The lowest BCUT2D eigenvalue weighted by molar-refractivity contribution is -0.0692. The van der Waals surface area contributed by atoms with Gasteiger partial charge in [0.25, 0.3) is 5.56 Å². The molecule has 1 aromatic heterocycles. The van der Waals surface area contributed by atoms with Crippen molar-refractivity contribution < 1.29 is 27.0 Å². The highest BCUT2D eigenvalue weighted by atomic mass is 32.2. The minimum atomic E-state index is -3.29. The smallest absolute Gasteiger partial charge is 0.387 e. The van der Waals surface area contributed by atoms with E-state index in [9.17, 15) is 22.4 Å². The topological polar surface area (TPSA) is 88.0 Å². The zero-order valence-electron chi connectivity index (χ0n) is 12.4. The van der Waals surface area contributed by atoms with E-state index in [1.54, 1.807) is 12.3 Å². The molecule has 0 bridgehead atoms. The van der Waals surface area contributed by atoms with E-state index in [0.717, 1.165) is 23.9 Å². The lowest BCUT2D eigenvalue weighted by Crippen LogP contribution is -2.14. The summed E-state index contributed by atoms with van der Waals surface area (Å²) in [6, 6.07) is 4.76. The summed E-state index contributed by atoms with van der Waals surface area (Å²) >= 11 is 1.09. The highest BCUT2D eigenvalue weighted by Gasteiger charge is 2.19. The first-order valence-corrected chi connectivity index (χ1v) is 7.70. The van der Waals surface area contributed by atoms with Gasteiger partial charge in [-0.3, -0.25) is 4.79 Å². The zero-order valence-corrected chi connectivity index (χ0v) is 13.2. The zero-order chi connectivity index (χ0) is 18.6. The second-order valence-electron chi connectivity index (χ2n) is 4.33. The van der Waals surface area contributed by atoms with Gasteiger partial charge in [0.15, 0.2) is 16.7 Å². The maximum atomic E-state index is 12.5. The van der Waals surface area contributed by atoms with Gasteiger partial charge in [-0.15, -0.1) is 0 Å². The van der Waals surface area contributed by atoms with Crippen LogP contribution in [0, 0.1) is 11.3 Å². The number of hydrogen-bond donors (Lipinski definition) is 1. The van der Waals surface area contributed by atoms with Crippen LogP contribution in [-0.4, -0.2) is 29.4 Å². The number of halogens is 4. The van der Waals surface area contributed by atoms with Crippen molar-refractivity contribution in [1.29, 1.82) is 5.26 Å². The summed E-state index contributed by atoms with van der Waals surface area (Å²) in [7, 11) is 0. The average Bonchev–Trinajstić information content (AvgIpc) is 2.54. The van der Waals surface area contributed by atoms with Crippen LogP contribution in [0.4, 0.5) is 17.6 Å². The van der Waals surface area contributed by atoms with Crippen LogP contribution in [0.3, 0.4) is 0 Å². The Morgan fingerprint density at radius 1 is 1.20 bits per heavy atom. The van der Waals surface area contributed by atoms with Crippen LogP contribution >= 0.6 is 11.8 Å². The van der Waals surface area contributed by atoms with Gasteiger partial charge in [0.05, 0.1) is 5.69 Å². The van der Waals surface area contributed by atoms with Crippen molar-refractivity contribution in [3.63, 3.8) is 0 Å². The fraction of sp³-hybridized carbons (Fsp3) is 0.214. The van der Waals surface area contributed by atoms with E-state index in [-0.39, 0.29) is 22.0 Å². The molecule has 0 radical (unpaired) electrons. The van der Waals surface area contributed by atoms with Crippen molar-refractivity contribution in [2.75, 3.05) is 6.26 Å². The SMILES string of the molecule is CSc1nc(-c2ccc(OC(F)F)c(OC(F)F)c2)c(C#N)c(=O)[nH]1. The molecule has 25 heavy (non-hydrogen) atoms. The van der Waals surface area contributed by atoms with Gasteiger partial charge < -0.3 is 14.5 Å². The Balaban J connectivity index is 2.62. The van der Waals surface area contributed by atoms with Gasteiger partial charge in [-0.2, -0.15) is 22.8 Å². The predicted molar refractivity (Wildman–Crippen MR) is 80.1 cm³/mol. The number of aromatic nitrogens is 2. The summed E-state index contributed by atoms with van der Waals surface area (Å²) in [4.78, 5) is 18.3. The van der Waals surface area contributed by atoms with Gasteiger partial charge in [0.1, 0.15) is 11.6 Å². The fourth-order valence-electron chi connectivity index (χ4n) is 1.90. The second kappa shape index (κ2) is 7.89. The Bertz CT molecular complexity index is 867. The largest absolute Gasteiger partial charge is 0.431 e. The monoisotopic (exact) mass is 375 g/mol. The third kappa shape index (κ3) is 4.42. The molecule has 0 aliphatic carbocycles. The number of benzene rings is 1. The van der Waals surface area contributed by atoms with Crippen LogP contribution < -0.4 is 15.0 Å². The van der Waals surface area contributed by atoms with Gasteiger partial charge in [-0.1, -0.05) is 11.8 Å². The van der Waals surface area contributed by atoms with Gasteiger partial charge in [0, 0.05) is 5.56 Å². The van der Waals surface area contributed by atoms with Gasteiger partial charge in [-0.05, 0) is 24.5 Å². The Morgan fingerprint density at radius 3 is 2.40 bits per heavy atom. The molecule has 0 aliphatic heterocycles. The Labute approximate surface area is 142 Å². The molecule has 1 N–H and O–H groups in total. The molecule has 2 rings (SSSR count). The molecule has 0 unspecified atom stereocenters. The summed E-state index contributed by atoms with van der Waals surface area (Å²) in [6.45, 7) is -6.54. The molecule has 0 saturated carbocycles. The van der Waals surface area contributed by atoms with E-state index in [2.05, 4.69) is 19.4 Å². The van der Waals surface area contributed by atoms with Crippen LogP contribution in [0.2, 0.25) is 0 Å². The normalized spacial score (nSPS) is 10.8. The highest BCUT2D eigenvalue weighted by molar-refractivity contribution is 7.98. The van der Waals surface area contributed by atoms with Crippen molar-refractivity contribution in [3.05, 3.63) is 34.1 Å². The van der Waals surface area contributed by atoms with Crippen LogP contribution in [-0.2, 0) is 0 Å². The lowest BCUT2D eigenvalue weighted by atomic mass is 10.1. The number of nitrogens with zero attached hydrogens (tertiary/aromatic N) is 2. The van der Waals surface area contributed by atoms with E-state index < -0.39 is 30.3 Å². The Hall–Kier alpha value is -2.74. The molecule has 132 valence electrons. The van der Waals surface area contributed by atoms with Crippen molar-refractivity contribution in [2.45, 2.75) is 18.4 Å². The lowest BCUT2D eigenvalue weighted by Gasteiger charge is -2.13. The number of rotatable bonds is 6. The predicted octanol–water partition coefficient (Wildman–Crippen LogP) is 3.23. The molecule has 11 heteroatoms. The summed E-state index contributed by atoms with van der Waals surface area (Å²) in [6.07, 6.45) is 1.62. The van der Waals surface area contributed by atoms with E-state index in [1.807, 2.05) is 0 Å². The third-order valence-corrected chi connectivity index (χ3v) is 3.43. The maximum Gasteiger partial charge on any atom is 0.387 e. The summed E-state index contributed by atoms with van der Waals surface area (Å²) in [5, 5.41) is 9.30. The first-order chi connectivity index (χ1) is 11.8. The van der Waals surface area contributed by atoms with Gasteiger partial charge >= 0.3 is 13.2 Å². The first kappa shape index (κ1) is 18.6. The molecule has 1 aromatic carbocycles. The van der Waals surface area contributed by atoms with Gasteiger partial charge in [0.2, 0.25) is 0 Å². The number of thioether (sulfide) groups is 1. The molecular formula is C14H9F4N3O3S. The van der Waals surface area contributed by atoms with Crippen LogP contribution in [0.1, 0.15) is 5.56 Å². The molecule has 0 fully saturated rings. The summed E-state index contributed by atoms with van der Waals surface area (Å²) in [5.41, 5.74) is -1.13. The number of nitriles is 1. The first-order valence-electron chi connectivity index (χ1n) is 6.48. The molecule has 0 amide bonds. The molecular weight excluding hydrogens is 366 g/mol. The molecule has 6 nitrogen and oxygen atoms in total. The molecule has 0 saturated heterocycles. The minimum absolute atomic E-state index is 0.0511. The van der Waals surface area contributed by atoms with Crippen LogP contribution in [0.15, 0.2) is 28.2 Å². The van der Waals surface area contributed by atoms with Crippen LogP contribution in [0.5, 0.6) is 11.5 Å². The van der Waals surface area contributed by atoms with E-state index in [0.29, 0.717) is 0 Å². The third-order valence-electron chi connectivity index (χ3n) is 2.85. The molecule has 0 spiro atoms. The van der Waals surface area contributed by atoms with Crippen molar-refractivity contribution in [3.8, 4) is 28.8 Å². The number of H-pyrrole nitrogens is 1. The Morgan fingerprint density at radius 2 is 1.84 bits per heavy atom. The minimum Gasteiger partial charge on any atom is -0.431 e. The van der Waals surface area contributed by atoms with Crippen molar-refractivity contribution in [2.24, 2.45) is 0 Å². The van der Waals surface area contributed by atoms with Gasteiger partial charge in [-0.25, -0.2) is 4.98 Å².